The van der Waals surface area contributed by atoms with Crippen LogP contribution in [0.5, 0.6) is 0 Å². The van der Waals surface area contributed by atoms with Crippen molar-refractivity contribution in [2.75, 3.05) is 13.2 Å². The molecule has 1 unspecified atom stereocenters. The molecular formula is C12H16N2O2. The molecule has 0 bridgehead atoms. The van der Waals surface area contributed by atoms with Crippen LogP contribution < -0.4 is 5.48 Å². The van der Waals surface area contributed by atoms with Crippen LogP contribution >= 0.6 is 0 Å². The summed E-state index contributed by atoms with van der Waals surface area (Å²) >= 11 is 0. The molecule has 1 rings (SSSR count). The zero-order valence-corrected chi connectivity index (χ0v) is 9.35. The summed E-state index contributed by atoms with van der Waals surface area (Å²) in [4.78, 5) is 5.22. The van der Waals surface area contributed by atoms with Crippen LogP contribution in [0.15, 0.2) is 30.3 Å². The standard InChI is InChI=1S/C12H16N2O2/c1-11(9-13)15-8-7-14-16-10-12-5-3-2-4-6-12/h2-6,11,14H,7-8,10H2,1H3. The fraction of sp³-hybridized carbons (Fsp3) is 0.417. The molecule has 0 spiro atoms. The molecule has 0 aliphatic rings. The minimum absolute atomic E-state index is 0.365. The van der Waals surface area contributed by atoms with E-state index in [9.17, 15) is 0 Å². The third-order valence-corrected chi connectivity index (χ3v) is 1.94. The van der Waals surface area contributed by atoms with Gasteiger partial charge in [-0.05, 0) is 12.5 Å². The summed E-state index contributed by atoms with van der Waals surface area (Å²) in [6, 6.07) is 11.9. The molecule has 0 heterocycles. The van der Waals surface area contributed by atoms with E-state index in [1.807, 2.05) is 36.4 Å². The lowest BCUT2D eigenvalue weighted by molar-refractivity contribution is 0.00451. The van der Waals surface area contributed by atoms with Crippen molar-refractivity contribution in [1.29, 1.82) is 5.26 Å². The largest absolute Gasteiger partial charge is 0.362 e. The summed E-state index contributed by atoms with van der Waals surface area (Å²) < 4.78 is 5.14. The molecule has 4 heteroatoms. The molecule has 0 aliphatic heterocycles. The van der Waals surface area contributed by atoms with Gasteiger partial charge in [-0.2, -0.15) is 10.7 Å². The number of hydroxylamine groups is 1. The fourth-order valence-electron chi connectivity index (χ4n) is 1.10. The second kappa shape index (κ2) is 7.83. The highest BCUT2D eigenvalue weighted by Crippen LogP contribution is 1.98. The van der Waals surface area contributed by atoms with Crippen LogP contribution in [0.25, 0.3) is 0 Å². The number of nitrogens with zero attached hydrogens (tertiary/aromatic N) is 1. The Balaban J connectivity index is 1.99. The smallest absolute Gasteiger partial charge is 0.141 e. The van der Waals surface area contributed by atoms with E-state index in [1.165, 1.54) is 0 Å². The second-order valence-corrected chi connectivity index (χ2v) is 3.31. The number of hydrogen-bond donors (Lipinski definition) is 1. The maximum absolute atomic E-state index is 8.46. The van der Waals surface area contributed by atoms with E-state index in [4.69, 9.17) is 14.8 Å². The topological polar surface area (TPSA) is 54.3 Å². The monoisotopic (exact) mass is 220 g/mol. The van der Waals surface area contributed by atoms with Crippen molar-refractivity contribution in [3.05, 3.63) is 35.9 Å². The Bertz CT molecular complexity index is 322. The van der Waals surface area contributed by atoms with Crippen LogP contribution in [0.3, 0.4) is 0 Å². The van der Waals surface area contributed by atoms with Crippen molar-refractivity contribution < 1.29 is 9.57 Å². The Morgan fingerprint density at radius 1 is 1.38 bits per heavy atom. The van der Waals surface area contributed by atoms with E-state index in [0.717, 1.165) is 5.56 Å². The second-order valence-electron chi connectivity index (χ2n) is 3.31. The average Bonchev–Trinajstić information content (AvgIpc) is 2.34. The molecular weight excluding hydrogens is 204 g/mol. The van der Waals surface area contributed by atoms with E-state index in [1.54, 1.807) is 6.92 Å². The van der Waals surface area contributed by atoms with E-state index in [0.29, 0.717) is 19.8 Å². The van der Waals surface area contributed by atoms with E-state index >= 15 is 0 Å². The van der Waals surface area contributed by atoms with Crippen LogP contribution in [-0.2, 0) is 16.2 Å². The maximum atomic E-state index is 8.46. The van der Waals surface area contributed by atoms with Gasteiger partial charge >= 0.3 is 0 Å². The lowest BCUT2D eigenvalue weighted by Crippen LogP contribution is -2.22. The Morgan fingerprint density at radius 3 is 2.81 bits per heavy atom. The number of benzene rings is 1. The molecule has 0 aromatic heterocycles. The van der Waals surface area contributed by atoms with E-state index in [-0.39, 0.29) is 6.10 Å². The molecule has 0 saturated heterocycles. The van der Waals surface area contributed by atoms with Crippen molar-refractivity contribution in [3.63, 3.8) is 0 Å². The van der Waals surface area contributed by atoms with Crippen molar-refractivity contribution in [1.82, 2.24) is 5.48 Å². The molecule has 0 fully saturated rings. The van der Waals surface area contributed by atoms with Crippen LogP contribution in [0.2, 0.25) is 0 Å². The molecule has 0 saturated carbocycles. The SMILES string of the molecule is CC(C#N)OCCNOCc1ccccc1. The van der Waals surface area contributed by atoms with Gasteiger partial charge in [-0.3, -0.25) is 4.84 Å². The molecule has 0 amide bonds. The summed E-state index contributed by atoms with van der Waals surface area (Å²) in [5.74, 6) is 0. The minimum atomic E-state index is -0.365. The molecule has 16 heavy (non-hydrogen) atoms. The quantitative estimate of drug-likeness (QED) is 0.560. The molecule has 0 aliphatic carbocycles. The number of nitriles is 1. The van der Waals surface area contributed by atoms with Gasteiger partial charge in [0.25, 0.3) is 0 Å². The number of nitrogens with one attached hydrogen (secondary N) is 1. The Labute approximate surface area is 95.7 Å². The van der Waals surface area contributed by atoms with Gasteiger partial charge in [0.2, 0.25) is 0 Å². The summed E-state index contributed by atoms with van der Waals surface area (Å²) in [6.45, 7) is 3.27. The first-order valence-corrected chi connectivity index (χ1v) is 5.22. The van der Waals surface area contributed by atoms with Crippen LogP contribution in [0, 0.1) is 11.3 Å². The number of hydrogen-bond acceptors (Lipinski definition) is 4. The molecule has 1 atom stereocenters. The number of ether oxygens (including phenoxy) is 1. The zero-order chi connectivity index (χ0) is 11.6. The predicted molar refractivity (Wildman–Crippen MR) is 60.3 cm³/mol. The van der Waals surface area contributed by atoms with Crippen molar-refractivity contribution in [3.8, 4) is 6.07 Å². The van der Waals surface area contributed by atoms with Gasteiger partial charge < -0.3 is 4.74 Å². The highest BCUT2D eigenvalue weighted by Gasteiger charge is 1.97. The lowest BCUT2D eigenvalue weighted by atomic mass is 10.2. The maximum Gasteiger partial charge on any atom is 0.141 e. The first-order chi connectivity index (χ1) is 7.83. The summed E-state index contributed by atoms with van der Waals surface area (Å²) in [7, 11) is 0. The third-order valence-electron chi connectivity index (χ3n) is 1.94. The van der Waals surface area contributed by atoms with E-state index in [2.05, 4.69) is 5.48 Å². The summed E-state index contributed by atoms with van der Waals surface area (Å²) in [6.07, 6.45) is -0.365. The zero-order valence-electron chi connectivity index (χ0n) is 9.35. The van der Waals surface area contributed by atoms with Crippen molar-refractivity contribution in [2.45, 2.75) is 19.6 Å². The van der Waals surface area contributed by atoms with Crippen molar-refractivity contribution >= 4 is 0 Å². The molecule has 86 valence electrons. The van der Waals surface area contributed by atoms with Gasteiger partial charge in [0, 0.05) is 6.54 Å². The molecule has 4 nitrogen and oxygen atoms in total. The lowest BCUT2D eigenvalue weighted by Gasteiger charge is -2.07. The van der Waals surface area contributed by atoms with Crippen molar-refractivity contribution in [2.24, 2.45) is 0 Å². The first-order valence-electron chi connectivity index (χ1n) is 5.22. The molecule has 1 aromatic carbocycles. The average molecular weight is 220 g/mol. The normalized spacial score (nSPS) is 12.0. The Hall–Kier alpha value is -1.41. The Kier molecular flexibility index (Phi) is 6.19. The van der Waals surface area contributed by atoms with Gasteiger partial charge in [0.1, 0.15) is 6.10 Å². The molecule has 1 aromatic rings. The predicted octanol–water partition coefficient (Wildman–Crippen LogP) is 1.64. The van der Waals surface area contributed by atoms with E-state index < -0.39 is 0 Å². The molecule has 1 N–H and O–H groups in total. The summed E-state index contributed by atoms with van der Waals surface area (Å²) in [5.41, 5.74) is 3.89. The Morgan fingerprint density at radius 2 is 2.12 bits per heavy atom. The van der Waals surface area contributed by atoms with Gasteiger partial charge in [0.15, 0.2) is 0 Å². The van der Waals surface area contributed by atoms with Crippen LogP contribution in [0.1, 0.15) is 12.5 Å². The highest BCUT2D eigenvalue weighted by molar-refractivity contribution is 5.13. The van der Waals surface area contributed by atoms with Gasteiger partial charge in [-0.1, -0.05) is 30.3 Å². The van der Waals surface area contributed by atoms with Crippen LogP contribution in [-0.4, -0.2) is 19.3 Å². The number of rotatable bonds is 7. The minimum Gasteiger partial charge on any atom is -0.362 e. The van der Waals surface area contributed by atoms with Gasteiger partial charge in [-0.15, -0.1) is 0 Å². The molecule has 0 radical (unpaired) electrons. The third kappa shape index (κ3) is 5.47. The first kappa shape index (κ1) is 12.7. The summed E-state index contributed by atoms with van der Waals surface area (Å²) in [5, 5.41) is 8.46. The highest BCUT2D eigenvalue weighted by atomic mass is 16.6. The van der Waals surface area contributed by atoms with Gasteiger partial charge in [-0.25, -0.2) is 0 Å². The van der Waals surface area contributed by atoms with Crippen LogP contribution in [0.4, 0.5) is 0 Å². The van der Waals surface area contributed by atoms with Gasteiger partial charge in [0.05, 0.1) is 19.3 Å². The fourth-order valence-corrected chi connectivity index (χ4v) is 1.10.